The van der Waals surface area contributed by atoms with Crippen molar-refractivity contribution in [2.24, 2.45) is 5.92 Å². The fraction of sp³-hybridized carbons (Fsp3) is 0.619. The summed E-state index contributed by atoms with van der Waals surface area (Å²) >= 11 is 0. The predicted octanol–water partition coefficient (Wildman–Crippen LogP) is 2.93. The van der Waals surface area contributed by atoms with Crippen LogP contribution in [-0.4, -0.2) is 54.5 Å². The van der Waals surface area contributed by atoms with Crippen LogP contribution in [0.25, 0.3) is 0 Å². The van der Waals surface area contributed by atoms with E-state index in [4.69, 9.17) is 4.74 Å². The number of esters is 1. The first-order valence-corrected chi connectivity index (χ1v) is 9.84. The van der Waals surface area contributed by atoms with E-state index in [1.54, 1.807) is 0 Å². The molecule has 0 radical (unpaired) electrons. The van der Waals surface area contributed by atoms with Gasteiger partial charge in [0.05, 0.1) is 19.1 Å². The second-order valence-corrected chi connectivity index (χ2v) is 7.39. The zero-order valence-corrected chi connectivity index (χ0v) is 15.9. The van der Waals surface area contributed by atoms with Gasteiger partial charge in [0, 0.05) is 19.1 Å². The molecule has 26 heavy (non-hydrogen) atoms. The zero-order valence-electron chi connectivity index (χ0n) is 15.9. The standard InChI is InChI=1S/C21H30N2O3/c1-3-26-21(25)17-10-13-22(14-11-17)20(24)15-23-12-6-9-19(23)18-8-5-4-7-16(18)2/h4-5,7-8,17,19H,3,6,9-15H2,1-2H3/t19-/m1/s1. The lowest BCUT2D eigenvalue weighted by atomic mass is 9.97. The highest BCUT2D eigenvalue weighted by molar-refractivity contribution is 5.79. The Morgan fingerprint density at radius 1 is 1.12 bits per heavy atom. The van der Waals surface area contributed by atoms with Gasteiger partial charge in [0.15, 0.2) is 0 Å². The third kappa shape index (κ3) is 4.26. The Morgan fingerprint density at radius 2 is 1.85 bits per heavy atom. The van der Waals surface area contributed by atoms with Crippen LogP contribution in [0.4, 0.5) is 0 Å². The van der Waals surface area contributed by atoms with Crippen molar-refractivity contribution in [1.82, 2.24) is 9.80 Å². The Hall–Kier alpha value is -1.88. The lowest BCUT2D eigenvalue weighted by Gasteiger charge is -2.33. The molecule has 2 heterocycles. The van der Waals surface area contributed by atoms with Gasteiger partial charge >= 0.3 is 5.97 Å². The van der Waals surface area contributed by atoms with E-state index in [0.717, 1.165) is 19.4 Å². The maximum Gasteiger partial charge on any atom is 0.309 e. The van der Waals surface area contributed by atoms with Crippen LogP contribution >= 0.6 is 0 Å². The molecule has 5 nitrogen and oxygen atoms in total. The SMILES string of the molecule is CCOC(=O)C1CCN(C(=O)CN2CCC[C@@H]2c2ccccc2C)CC1. The van der Waals surface area contributed by atoms with Crippen molar-refractivity contribution in [3.8, 4) is 0 Å². The number of carbonyl (C=O) groups is 2. The molecular weight excluding hydrogens is 328 g/mol. The van der Waals surface area contributed by atoms with Crippen LogP contribution in [0.1, 0.15) is 49.8 Å². The van der Waals surface area contributed by atoms with Crippen LogP contribution in [-0.2, 0) is 14.3 Å². The van der Waals surface area contributed by atoms with Gasteiger partial charge in [-0.3, -0.25) is 14.5 Å². The smallest absolute Gasteiger partial charge is 0.309 e. The number of rotatable bonds is 5. The summed E-state index contributed by atoms with van der Waals surface area (Å²) in [7, 11) is 0. The molecule has 1 atom stereocenters. The number of hydrogen-bond donors (Lipinski definition) is 0. The van der Waals surface area contributed by atoms with Gasteiger partial charge in [0.1, 0.15) is 0 Å². The number of nitrogens with zero attached hydrogens (tertiary/aromatic N) is 2. The fourth-order valence-electron chi connectivity index (χ4n) is 4.23. The number of likely N-dealkylation sites (tertiary alicyclic amines) is 2. The average Bonchev–Trinajstić information content (AvgIpc) is 3.10. The van der Waals surface area contributed by atoms with Crippen LogP contribution in [0.3, 0.4) is 0 Å². The van der Waals surface area contributed by atoms with E-state index in [1.165, 1.54) is 11.1 Å². The predicted molar refractivity (Wildman–Crippen MR) is 101 cm³/mol. The molecule has 2 fully saturated rings. The Bertz CT molecular complexity index is 638. The molecule has 0 aliphatic carbocycles. The van der Waals surface area contributed by atoms with Gasteiger partial charge in [0.25, 0.3) is 0 Å². The number of piperidine rings is 1. The minimum atomic E-state index is -0.112. The lowest BCUT2D eigenvalue weighted by molar-refractivity contribution is -0.151. The molecule has 1 amide bonds. The fourth-order valence-corrected chi connectivity index (χ4v) is 4.23. The number of aryl methyl sites for hydroxylation is 1. The molecule has 1 aromatic rings. The van der Waals surface area contributed by atoms with Crippen molar-refractivity contribution in [2.45, 2.75) is 45.6 Å². The summed E-state index contributed by atoms with van der Waals surface area (Å²) in [4.78, 5) is 28.9. The average molecular weight is 358 g/mol. The van der Waals surface area contributed by atoms with E-state index in [-0.39, 0.29) is 17.8 Å². The summed E-state index contributed by atoms with van der Waals surface area (Å²) in [6.07, 6.45) is 3.68. The highest BCUT2D eigenvalue weighted by atomic mass is 16.5. The molecule has 142 valence electrons. The van der Waals surface area contributed by atoms with E-state index >= 15 is 0 Å². The molecule has 5 heteroatoms. The van der Waals surface area contributed by atoms with Gasteiger partial charge < -0.3 is 9.64 Å². The molecule has 2 aliphatic heterocycles. The Balaban J connectivity index is 1.55. The lowest BCUT2D eigenvalue weighted by Crippen LogP contribution is -2.45. The monoisotopic (exact) mass is 358 g/mol. The Morgan fingerprint density at radius 3 is 2.54 bits per heavy atom. The molecular formula is C21H30N2O3. The third-order valence-corrected chi connectivity index (χ3v) is 5.72. The van der Waals surface area contributed by atoms with Crippen LogP contribution in [0.15, 0.2) is 24.3 Å². The number of benzene rings is 1. The first-order chi connectivity index (χ1) is 12.6. The van der Waals surface area contributed by atoms with Gasteiger partial charge in [-0.25, -0.2) is 0 Å². The first-order valence-electron chi connectivity index (χ1n) is 9.84. The summed E-state index contributed by atoms with van der Waals surface area (Å²) < 4.78 is 5.11. The van der Waals surface area contributed by atoms with Crippen molar-refractivity contribution in [2.75, 3.05) is 32.8 Å². The molecule has 2 saturated heterocycles. The highest BCUT2D eigenvalue weighted by Crippen LogP contribution is 2.33. The van der Waals surface area contributed by atoms with E-state index in [9.17, 15) is 9.59 Å². The van der Waals surface area contributed by atoms with Crippen LogP contribution in [0.2, 0.25) is 0 Å². The minimum absolute atomic E-state index is 0.0505. The van der Waals surface area contributed by atoms with E-state index in [1.807, 2.05) is 11.8 Å². The molecule has 0 unspecified atom stereocenters. The van der Waals surface area contributed by atoms with Crippen molar-refractivity contribution < 1.29 is 14.3 Å². The molecule has 0 N–H and O–H groups in total. The highest BCUT2D eigenvalue weighted by Gasteiger charge is 2.32. The summed E-state index contributed by atoms with van der Waals surface area (Å²) in [6, 6.07) is 8.83. The van der Waals surface area contributed by atoms with Crippen LogP contribution < -0.4 is 0 Å². The normalized spacial score (nSPS) is 21.8. The summed E-state index contributed by atoms with van der Waals surface area (Å²) in [5.74, 6) is 0.0251. The maximum absolute atomic E-state index is 12.8. The molecule has 0 spiro atoms. The van der Waals surface area contributed by atoms with Crippen molar-refractivity contribution in [3.05, 3.63) is 35.4 Å². The van der Waals surface area contributed by atoms with Crippen molar-refractivity contribution in [1.29, 1.82) is 0 Å². The van der Waals surface area contributed by atoms with Crippen LogP contribution in [0.5, 0.6) is 0 Å². The second-order valence-electron chi connectivity index (χ2n) is 7.39. The maximum atomic E-state index is 12.8. The van der Waals surface area contributed by atoms with E-state index in [2.05, 4.69) is 36.1 Å². The zero-order chi connectivity index (χ0) is 18.5. The molecule has 0 aromatic heterocycles. The number of ether oxygens (including phenoxy) is 1. The van der Waals surface area contributed by atoms with E-state index < -0.39 is 0 Å². The summed E-state index contributed by atoms with van der Waals surface area (Å²) in [5, 5.41) is 0. The number of amides is 1. The largest absolute Gasteiger partial charge is 0.466 e. The third-order valence-electron chi connectivity index (χ3n) is 5.72. The summed E-state index contributed by atoms with van der Waals surface area (Å²) in [6.45, 7) is 7.17. The first kappa shape index (κ1) is 18.9. The van der Waals surface area contributed by atoms with Gasteiger partial charge in [0.2, 0.25) is 5.91 Å². The Kier molecular flexibility index (Phi) is 6.30. The van der Waals surface area contributed by atoms with Crippen LogP contribution in [0, 0.1) is 12.8 Å². The van der Waals surface area contributed by atoms with Gasteiger partial charge in [-0.15, -0.1) is 0 Å². The van der Waals surface area contributed by atoms with Gasteiger partial charge in [-0.05, 0) is 57.2 Å². The summed E-state index contributed by atoms with van der Waals surface area (Å²) in [5.41, 5.74) is 2.64. The van der Waals surface area contributed by atoms with Crippen molar-refractivity contribution in [3.63, 3.8) is 0 Å². The van der Waals surface area contributed by atoms with Crippen molar-refractivity contribution >= 4 is 11.9 Å². The number of carbonyl (C=O) groups excluding carboxylic acids is 2. The Labute approximate surface area is 156 Å². The molecule has 1 aromatic carbocycles. The van der Waals surface area contributed by atoms with Gasteiger partial charge in [-0.2, -0.15) is 0 Å². The molecule has 3 rings (SSSR count). The molecule has 0 saturated carbocycles. The van der Waals surface area contributed by atoms with E-state index in [0.29, 0.717) is 45.1 Å². The topological polar surface area (TPSA) is 49.9 Å². The minimum Gasteiger partial charge on any atom is -0.466 e. The van der Waals surface area contributed by atoms with Gasteiger partial charge in [-0.1, -0.05) is 24.3 Å². The quantitative estimate of drug-likeness (QED) is 0.760. The molecule has 0 bridgehead atoms. The second kappa shape index (κ2) is 8.67. The molecule has 2 aliphatic rings. The number of hydrogen-bond acceptors (Lipinski definition) is 4.